The van der Waals surface area contributed by atoms with E-state index in [1.54, 1.807) is 0 Å². The lowest BCUT2D eigenvalue weighted by Crippen LogP contribution is -2.54. The zero-order valence-electron chi connectivity index (χ0n) is 13.2. The van der Waals surface area contributed by atoms with E-state index in [9.17, 15) is 9.00 Å². The minimum atomic E-state index is -0.621. The third-order valence-electron chi connectivity index (χ3n) is 4.97. The van der Waals surface area contributed by atoms with Crippen molar-refractivity contribution in [1.82, 2.24) is 10.2 Å². The molecule has 21 heavy (non-hydrogen) atoms. The van der Waals surface area contributed by atoms with Gasteiger partial charge in [0.05, 0.1) is 6.61 Å². The molecule has 122 valence electrons. The molecule has 0 spiro atoms. The van der Waals surface area contributed by atoms with Gasteiger partial charge >= 0.3 is 5.97 Å². The topological polar surface area (TPSA) is 58.6 Å². The molecular weight excluding hydrogens is 288 g/mol. The van der Waals surface area contributed by atoms with Crippen molar-refractivity contribution >= 4 is 16.8 Å². The quantitative estimate of drug-likeness (QED) is 0.733. The lowest BCUT2D eigenvalue weighted by molar-refractivity contribution is -0.153. The number of likely N-dealkylation sites (N-methyl/N-ethyl adjacent to an activating group) is 1. The van der Waals surface area contributed by atoms with Crippen LogP contribution < -0.4 is 5.32 Å². The Bertz CT molecular complexity index is 381. The first-order chi connectivity index (χ1) is 10.1. The van der Waals surface area contributed by atoms with Gasteiger partial charge in [0.2, 0.25) is 0 Å². The van der Waals surface area contributed by atoms with Crippen LogP contribution in [-0.2, 0) is 20.3 Å². The van der Waals surface area contributed by atoms with Gasteiger partial charge in [-0.1, -0.05) is 6.42 Å². The van der Waals surface area contributed by atoms with Gasteiger partial charge in [0, 0.05) is 35.4 Å². The Labute approximate surface area is 130 Å². The van der Waals surface area contributed by atoms with E-state index in [2.05, 4.69) is 10.2 Å². The number of carbonyl (C=O) groups is 1. The summed E-state index contributed by atoms with van der Waals surface area (Å²) in [6.45, 7) is 5.13. The molecule has 0 radical (unpaired) electrons. The van der Waals surface area contributed by atoms with Crippen molar-refractivity contribution in [3.8, 4) is 0 Å². The van der Waals surface area contributed by atoms with Crippen LogP contribution in [0.3, 0.4) is 0 Å². The predicted molar refractivity (Wildman–Crippen MR) is 84.7 cm³/mol. The summed E-state index contributed by atoms with van der Waals surface area (Å²) < 4.78 is 16.7. The van der Waals surface area contributed by atoms with E-state index in [0.717, 1.165) is 56.8 Å². The maximum absolute atomic E-state index is 12.4. The molecule has 0 aromatic carbocycles. The predicted octanol–water partition coefficient (Wildman–Crippen LogP) is 0.762. The lowest BCUT2D eigenvalue weighted by atomic mass is 9.84. The van der Waals surface area contributed by atoms with Gasteiger partial charge in [-0.05, 0) is 45.7 Å². The summed E-state index contributed by atoms with van der Waals surface area (Å²) >= 11 is 0. The van der Waals surface area contributed by atoms with Crippen molar-refractivity contribution in [3.05, 3.63) is 0 Å². The molecule has 2 atom stereocenters. The number of esters is 1. The molecule has 0 bridgehead atoms. The molecule has 5 nitrogen and oxygen atoms in total. The molecular formula is C15H28N2O3S. The zero-order valence-corrected chi connectivity index (χ0v) is 14.0. The second-order valence-electron chi connectivity index (χ2n) is 6.01. The van der Waals surface area contributed by atoms with Crippen LogP contribution in [0.5, 0.6) is 0 Å². The first-order valence-electron chi connectivity index (χ1n) is 8.06. The number of ether oxygens (including phenoxy) is 1. The standard InChI is InChI=1S/C15H28N2O3S/c1-3-20-14(18)15(16-2)7-4-5-13(15)6-8-17-9-11-21(19)12-10-17/h13,16H,3-12H2,1-2H3. The summed E-state index contributed by atoms with van der Waals surface area (Å²) in [5, 5.41) is 3.27. The fraction of sp³-hybridized carbons (Fsp3) is 0.933. The number of carbonyl (C=O) groups excluding carboxylic acids is 1. The molecule has 2 fully saturated rings. The molecule has 1 aliphatic carbocycles. The van der Waals surface area contributed by atoms with Gasteiger partial charge in [0.25, 0.3) is 0 Å². The normalized spacial score (nSPS) is 31.4. The number of hydrogen-bond donors (Lipinski definition) is 1. The number of hydrogen-bond acceptors (Lipinski definition) is 5. The smallest absolute Gasteiger partial charge is 0.326 e. The summed E-state index contributed by atoms with van der Waals surface area (Å²) in [5.41, 5.74) is -0.491. The second kappa shape index (κ2) is 7.70. The maximum Gasteiger partial charge on any atom is 0.326 e. The first kappa shape index (κ1) is 16.9. The highest BCUT2D eigenvalue weighted by molar-refractivity contribution is 7.85. The highest BCUT2D eigenvalue weighted by Gasteiger charge is 2.48. The average Bonchev–Trinajstić information content (AvgIpc) is 2.91. The molecule has 2 rings (SSSR count). The summed E-state index contributed by atoms with van der Waals surface area (Å²) in [7, 11) is 1.25. The van der Waals surface area contributed by atoms with Crippen molar-refractivity contribution in [3.63, 3.8) is 0 Å². The first-order valence-corrected chi connectivity index (χ1v) is 9.54. The third kappa shape index (κ3) is 3.85. The molecule has 1 saturated heterocycles. The third-order valence-corrected chi connectivity index (χ3v) is 6.25. The fourth-order valence-electron chi connectivity index (χ4n) is 3.67. The van der Waals surface area contributed by atoms with Gasteiger partial charge in [-0.15, -0.1) is 0 Å². The largest absolute Gasteiger partial charge is 0.465 e. The van der Waals surface area contributed by atoms with Crippen molar-refractivity contribution < 1.29 is 13.7 Å². The SMILES string of the molecule is CCOC(=O)C1(NC)CCCC1CCN1CCS(=O)CC1. The molecule has 0 aromatic rings. The van der Waals surface area contributed by atoms with Crippen LogP contribution in [0, 0.1) is 5.92 Å². The van der Waals surface area contributed by atoms with Gasteiger partial charge in [-0.25, -0.2) is 0 Å². The monoisotopic (exact) mass is 316 g/mol. The molecule has 2 unspecified atom stereocenters. The molecule has 1 aliphatic heterocycles. The van der Waals surface area contributed by atoms with E-state index in [1.807, 2.05) is 14.0 Å². The summed E-state index contributed by atoms with van der Waals surface area (Å²) in [5.74, 6) is 1.84. The van der Waals surface area contributed by atoms with Crippen LogP contribution in [0.15, 0.2) is 0 Å². The Morgan fingerprint density at radius 1 is 1.43 bits per heavy atom. The Kier molecular flexibility index (Phi) is 6.20. The van der Waals surface area contributed by atoms with Crippen LogP contribution >= 0.6 is 0 Å². The van der Waals surface area contributed by atoms with E-state index in [0.29, 0.717) is 12.5 Å². The van der Waals surface area contributed by atoms with E-state index in [1.165, 1.54) is 0 Å². The average molecular weight is 316 g/mol. The Morgan fingerprint density at radius 2 is 2.14 bits per heavy atom. The second-order valence-corrected chi connectivity index (χ2v) is 7.71. The maximum atomic E-state index is 12.4. The van der Waals surface area contributed by atoms with Crippen molar-refractivity contribution in [2.75, 3.05) is 44.8 Å². The fourth-order valence-corrected chi connectivity index (χ4v) is 4.79. The van der Waals surface area contributed by atoms with Gasteiger partial charge in [-0.2, -0.15) is 0 Å². The number of rotatable bonds is 6. The van der Waals surface area contributed by atoms with Crippen molar-refractivity contribution in [2.24, 2.45) is 5.92 Å². The highest BCUT2D eigenvalue weighted by Crippen LogP contribution is 2.38. The van der Waals surface area contributed by atoms with Crippen molar-refractivity contribution in [2.45, 2.75) is 38.1 Å². The van der Waals surface area contributed by atoms with Gasteiger partial charge < -0.3 is 15.0 Å². The summed E-state index contributed by atoms with van der Waals surface area (Å²) in [6.07, 6.45) is 4.04. The Morgan fingerprint density at radius 3 is 2.76 bits per heavy atom. The molecule has 6 heteroatoms. The summed E-state index contributed by atoms with van der Waals surface area (Å²) in [4.78, 5) is 14.7. The highest BCUT2D eigenvalue weighted by atomic mass is 32.2. The molecule has 1 heterocycles. The molecule has 1 saturated carbocycles. The Hall–Kier alpha value is -0.460. The zero-order chi connectivity index (χ0) is 15.3. The minimum absolute atomic E-state index is 0.0882. The van der Waals surface area contributed by atoms with E-state index in [4.69, 9.17) is 4.74 Å². The van der Waals surface area contributed by atoms with E-state index >= 15 is 0 Å². The van der Waals surface area contributed by atoms with Crippen LogP contribution in [0.25, 0.3) is 0 Å². The van der Waals surface area contributed by atoms with Crippen molar-refractivity contribution in [1.29, 1.82) is 0 Å². The van der Waals surface area contributed by atoms with E-state index in [-0.39, 0.29) is 5.97 Å². The number of nitrogens with one attached hydrogen (secondary N) is 1. The Balaban J connectivity index is 1.91. The molecule has 2 aliphatic rings. The van der Waals surface area contributed by atoms with Crippen LogP contribution in [0.4, 0.5) is 0 Å². The molecule has 1 N–H and O–H groups in total. The summed E-state index contributed by atoms with van der Waals surface area (Å²) in [6, 6.07) is 0. The van der Waals surface area contributed by atoms with E-state index < -0.39 is 16.3 Å². The van der Waals surface area contributed by atoms with Crippen LogP contribution in [-0.4, -0.2) is 65.4 Å². The minimum Gasteiger partial charge on any atom is -0.465 e. The van der Waals surface area contributed by atoms with Gasteiger partial charge in [-0.3, -0.25) is 9.00 Å². The molecule has 0 aromatic heterocycles. The van der Waals surface area contributed by atoms with Crippen LogP contribution in [0.1, 0.15) is 32.6 Å². The van der Waals surface area contributed by atoms with Gasteiger partial charge in [0.1, 0.15) is 5.54 Å². The van der Waals surface area contributed by atoms with Gasteiger partial charge in [0.15, 0.2) is 0 Å². The van der Waals surface area contributed by atoms with Crippen LogP contribution in [0.2, 0.25) is 0 Å². The molecule has 0 amide bonds. The lowest BCUT2D eigenvalue weighted by Gasteiger charge is -2.35. The number of nitrogens with zero attached hydrogens (tertiary/aromatic N) is 1.